The van der Waals surface area contributed by atoms with E-state index in [0.29, 0.717) is 0 Å². The minimum absolute atomic E-state index is 0.149. The van der Waals surface area contributed by atoms with Crippen molar-refractivity contribution in [3.63, 3.8) is 0 Å². The Morgan fingerprint density at radius 2 is 1.19 bits per heavy atom. The number of benzene rings is 5. The topological polar surface area (TPSA) is 12.5 Å². The molecule has 36 heavy (non-hydrogen) atoms. The van der Waals surface area contributed by atoms with Gasteiger partial charge in [-0.2, -0.15) is 0 Å². The van der Waals surface area contributed by atoms with Crippen molar-refractivity contribution in [2.24, 2.45) is 0 Å². The normalized spacial score (nSPS) is 22.1. The van der Waals surface area contributed by atoms with Crippen LogP contribution in [-0.4, -0.2) is 0 Å². The second-order valence-electron chi connectivity index (χ2n) is 10.5. The summed E-state index contributed by atoms with van der Waals surface area (Å²) in [5, 5.41) is 2.50. The number of para-hydroxylation sites is 2. The Morgan fingerprint density at radius 3 is 1.89 bits per heavy atom. The summed E-state index contributed by atoms with van der Waals surface area (Å²) in [6.07, 6.45) is 2.17. The lowest BCUT2D eigenvalue weighted by Crippen LogP contribution is -2.17. The van der Waals surface area contributed by atoms with Crippen LogP contribution < -0.4 is 4.90 Å². The summed E-state index contributed by atoms with van der Waals surface area (Å²) in [6, 6.07) is 41.6. The van der Waals surface area contributed by atoms with Crippen molar-refractivity contribution >= 4 is 27.8 Å². The Balaban J connectivity index is 1.46. The molecular weight excluding hydrogens is 438 g/mol. The van der Waals surface area contributed by atoms with Crippen molar-refractivity contribution in [2.75, 3.05) is 4.90 Å². The second-order valence-corrected chi connectivity index (χ2v) is 10.5. The summed E-state index contributed by atoms with van der Waals surface area (Å²) in [5.41, 5.74) is 8.31. The molecule has 2 heteroatoms. The molecular formula is C34H29NO. The van der Waals surface area contributed by atoms with E-state index in [-0.39, 0.29) is 11.2 Å². The minimum Gasteiger partial charge on any atom is -0.360 e. The largest absolute Gasteiger partial charge is 0.360 e. The standard InChI is InChI=1S/C34H29NO/c1-33-19-20-34(2,36-33)32-22-25(17-18-31(32)33)30-23-28(21-24-11-9-10-16-29(24)30)35(26-12-5-3-6-13-26)27-14-7-4-8-15-27/h3-18,21-23H,19-20H2,1-2H3. The minimum atomic E-state index is -0.187. The first-order chi connectivity index (χ1) is 17.5. The first-order valence-corrected chi connectivity index (χ1v) is 12.8. The predicted octanol–water partition coefficient (Wildman–Crippen LogP) is 9.23. The zero-order valence-electron chi connectivity index (χ0n) is 20.7. The van der Waals surface area contributed by atoms with Crippen molar-refractivity contribution in [2.45, 2.75) is 37.9 Å². The molecule has 2 unspecified atom stereocenters. The van der Waals surface area contributed by atoms with E-state index >= 15 is 0 Å². The van der Waals surface area contributed by atoms with Crippen LogP contribution in [0.4, 0.5) is 17.1 Å². The molecule has 2 atom stereocenters. The molecule has 0 aromatic heterocycles. The summed E-state index contributed by atoms with van der Waals surface area (Å²) >= 11 is 0. The van der Waals surface area contributed by atoms with Crippen LogP contribution in [-0.2, 0) is 15.9 Å². The molecule has 0 aliphatic carbocycles. The zero-order chi connectivity index (χ0) is 24.3. The average molecular weight is 468 g/mol. The average Bonchev–Trinajstić information content (AvgIpc) is 3.36. The van der Waals surface area contributed by atoms with Gasteiger partial charge in [0, 0.05) is 17.1 Å². The second kappa shape index (κ2) is 7.81. The Kier molecular flexibility index (Phi) is 4.64. The van der Waals surface area contributed by atoms with E-state index in [9.17, 15) is 0 Å². The molecule has 2 bridgehead atoms. The van der Waals surface area contributed by atoms with Gasteiger partial charge in [0.25, 0.3) is 0 Å². The van der Waals surface area contributed by atoms with E-state index in [1.54, 1.807) is 0 Å². The first-order valence-electron chi connectivity index (χ1n) is 12.8. The summed E-state index contributed by atoms with van der Waals surface area (Å²) in [4.78, 5) is 2.34. The third kappa shape index (κ3) is 3.22. The van der Waals surface area contributed by atoms with E-state index in [1.807, 2.05) is 0 Å². The Bertz CT molecular complexity index is 1550. The lowest BCUT2D eigenvalue weighted by Gasteiger charge is -2.27. The molecule has 2 nitrogen and oxygen atoms in total. The van der Waals surface area contributed by atoms with Gasteiger partial charge in [0.1, 0.15) is 0 Å². The number of hydrogen-bond acceptors (Lipinski definition) is 2. The van der Waals surface area contributed by atoms with Crippen LogP contribution in [0.1, 0.15) is 37.8 Å². The van der Waals surface area contributed by atoms with Gasteiger partial charge in [-0.15, -0.1) is 0 Å². The summed E-state index contributed by atoms with van der Waals surface area (Å²) in [5.74, 6) is 0. The summed E-state index contributed by atoms with van der Waals surface area (Å²) in [6.45, 7) is 4.51. The predicted molar refractivity (Wildman–Crippen MR) is 149 cm³/mol. The van der Waals surface area contributed by atoms with Crippen LogP contribution in [0.15, 0.2) is 115 Å². The number of fused-ring (bicyclic) bond motifs is 6. The van der Waals surface area contributed by atoms with E-state index in [1.165, 1.54) is 33.0 Å². The van der Waals surface area contributed by atoms with Gasteiger partial charge in [-0.25, -0.2) is 0 Å². The van der Waals surface area contributed by atoms with Crippen LogP contribution in [0.5, 0.6) is 0 Å². The highest BCUT2D eigenvalue weighted by molar-refractivity contribution is 6.01. The Labute approximate surface area is 212 Å². The van der Waals surface area contributed by atoms with Crippen molar-refractivity contribution in [3.05, 3.63) is 126 Å². The van der Waals surface area contributed by atoms with Crippen LogP contribution in [0.25, 0.3) is 21.9 Å². The SMILES string of the molecule is CC12CCC(C)(O1)c1cc(-c3cc(N(c4ccccc4)c4ccccc4)cc4ccccc34)ccc12. The van der Waals surface area contributed by atoms with E-state index in [2.05, 4.69) is 134 Å². The number of ether oxygens (including phenoxy) is 1. The first kappa shape index (κ1) is 21.4. The number of nitrogens with zero attached hydrogens (tertiary/aromatic N) is 1. The maximum atomic E-state index is 6.57. The maximum absolute atomic E-state index is 6.57. The molecule has 176 valence electrons. The lowest BCUT2D eigenvalue weighted by atomic mass is 9.77. The quantitative estimate of drug-likeness (QED) is 0.261. The molecule has 0 saturated carbocycles. The molecule has 2 aliphatic rings. The molecule has 1 saturated heterocycles. The third-order valence-corrected chi connectivity index (χ3v) is 8.13. The highest BCUT2D eigenvalue weighted by Crippen LogP contribution is 2.58. The number of anilines is 3. The smallest absolute Gasteiger partial charge is 0.0920 e. The number of hydrogen-bond donors (Lipinski definition) is 0. The number of rotatable bonds is 4. The summed E-state index contributed by atoms with van der Waals surface area (Å²) < 4.78 is 6.57. The maximum Gasteiger partial charge on any atom is 0.0920 e. The monoisotopic (exact) mass is 467 g/mol. The van der Waals surface area contributed by atoms with Crippen molar-refractivity contribution in [1.82, 2.24) is 0 Å². The Morgan fingerprint density at radius 1 is 0.583 bits per heavy atom. The van der Waals surface area contributed by atoms with Crippen LogP contribution in [0, 0.1) is 0 Å². The molecule has 0 N–H and O–H groups in total. The van der Waals surface area contributed by atoms with Crippen LogP contribution in [0.3, 0.4) is 0 Å². The van der Waals surface area contributed by atoms with Crippen LogP contribution >= 0.6 is 0 Å². The van der Waals surface area contributed by atoms with Gasteiger partial charge in [-0.1, -0.05) is 72.8 Å². The van der Waals surface area contributed by atoms with Gasteiger partial charge in [0.05, 0.1) is 11.2 Å². The van der Waals surface area contributed by atoms with Crippen molar-refractivity contribution in [3.8, 4) is 11.1 Å². The molecule has 2 aliphatic heterocycles. The molecule has 7 rings (SSSR count). The molecule has 5 aromatic carbocycles. The molecule has 5 aromatic rings. The van der Waals surface area contributed by atoms with Crippen molar-refractivity contribution < 1.29 is 4.74 Å². The van der Waals surface area contributed by atoms with Gasteiger partial charge in [0.2, 0.25) is 0 Å². The molecule has 0 radical (unpaired) electrons. The van der Waals surface area contributed by atoms with Gasteiger partial charge in [0.15, 0.2) is 0 Å². The molecule has 2 heterocycles. The van der Waals surface area contributed by atoms with Gasteiger partial charge in [-0.05, 0) is 102 Å². The van der Waals surface area contributed by atoms with Crippen molar-refractivity contribution in [1.29, 1.82) is 0 Å². The zero-order valence-corrected chi connectivity index (χ0v) is 20.7. The van der Waals surface area contributed by atoms with Crippen LogP contribution in [0.2, 0.25) is 0 Å². The fourth-order valence-corrected chi connectivity index (χ4v) is 6.33. The fourth-order valence-electron chi connectivity index (χ4n) is 6.33. The molecule has 0 spiro atoms. The molecule has 1 fully saturated rings. The lowest BCUT2D eigenvalue weighted by molar-refractivity contribution is -0.0662. The van der Waals surface area contributed by atoms with Gasteiger partial charge < -0.3 is 9.64 Å². The Hall–Kier alpha value is -3.88. The van der Waals surface area contributed by atoms with E-state index in [0.717, 1.165) is 29.9 Å². The van der Waals surface area contributed by atoms with E-state index in [4.69, 9.17) is 4.74 Å². The van der Waals surface area contributed by atoms with E-state index < -0.39 is 0 Å². The molecule has 0 amide bonds. The van der Waals surface area contributed by atoms with Gasteiger partial charge in [-0.3, -0.25) is 0 Å². The highest BCUT2D eigenvalue weighted by atomic mass is 16.5. The van der Waals surface area contributed by atoms with Gasteiger partial charge >= 0.3 is 0 Å². The third-order valence-electron chi connectivity index (χ3n) is 8.13. The fraction of sp³-hybridized carbons (Fsp3) is 0.176. The summed E-state index contributed by atoms with van der Waals surface area (Å²) in [7, 11) is 0. The highest BCUT2D eigenvalue weighted by Gasteiger charge is 2.54.